The first-order chi connectivity index (χ1) is 11.2. The number of nitrogens with two attached hydrogens (primary N) is 2. The molecule has 2 aromatic rings. The lowest BCUT2D eigenvalue weighted by atomic mass is 9.91. The van der Waals surface area contributed by atoms with Crippen LogP contribution in [0.5, 0.6) is 0 Å². The predicted octanol–water partition coefficient (Wildman–Crippen LogP) is 5.61. The van der Waals surface area contributed by atoms with E-state index in [4.69, 9.17) is 11.5 Å². The molecule has 1 fully saturated rings. The van der Waals surface area contributed by atoms with Crippen LogP contribution < -0.4 is 11.5 Å². The van der Waals surface area contributed by atoms with Crippen molar-refractivity contribution in [2.24, 2.45) is 5.92 Å². The summed E-state index contributed by atoms with van der Waals surface area (Å²) in [5.41, 5.74) is 15.1. The first-order valence-electron chi connectivity index (χ1n) is 8.54. The lowest BCUT2D eigenvalue weighted by Crippen LogP contribution is -1.99. The summed E-state index contributed by atoms with van der Waals surface area (Å²) >= 11 is 0. The molecule has 0 heterocycles. The van der Waals surface area contributed by atoms with Gasteiger partial charge in [0.25, 0.3) is 0 Å². The zero-order valence-corrected chi connectivity index (χ0v) is 14.0. The predicted molar refractivity (Wildman–Crippen MR) is 103 cm³/mol. The van der Waals surface area contributed by atoms with Gasteiger partial charge in [-0.3, -0.25) is 0 Å². The molecule has 0 bridgehead atoms. The van der Waals surface area contributed by atoms with Crippen molar-refractivity contribution >= 4 is 23.5 Å². The van der Waals surface area contributed by atoms with Crippen LogP contribution in [0.1, 0.15) is 50.2 Å². The van der Waals surface area contributed by atoms with Gasteiger partial charge in [0.15, 0.2) is 0 Å². The van der Waals surface area contributed by atoms with Gasteiger partial charge in [-0.25, -0.2) is 0 Å². The summed E-state index contributed by atoms with van der Waals surface area (Å²) in [5.74, 6) is 1.04. The van der Waals surface area contributed by atoms with Crippen molar-refractivity contribution in [3.05, 3.63) is 59.7 Å². The van der Waals surface area contributed by atoms with E-state index in [0.29, 0.717) is 11.4 Å². The Bertz CT molecular complexity index is 591. The van der Waals surface area contributed by atoms with E-state index in [9.17, 15) is 0 Å². The Labute approximate surface area is 140 Å². The first kappa shape index (κ1) is 17.1. The molecule has 1 aliphatic carbocycles. The van der Waals surface area contributed by atoms with Crippen LogP contribution in [-0.2, 0) is 0 Å². The Morgan fingerprint density at radius 3 is 1.91 bits per heavy atom. The maximum Gasteiger partial charge on any atom is 0.0408 e. The van der Waals surface area contributed by atoms with Crippen molar-refractivity contribution in [1.82, 2.24) is 0 Å². The Morgan fingerprint density at radius 2 is 1.39 bits per heavy atom. The van der Waals surface area contributed by atoms with Gasteiger partial charge >= 0.3 is 0 Å². The molecule has 0 aliphatic heterocycles. The minimum atomic E-state index is 0.701. The maximum absolute atomic E-state index is 5.85. The van der Waals surface area contributed by atoms with Gasteiger partial charge in [-0.2, -0.15) is 0 Å². The highest BCUT2D eigenvalue weighted by atomic mass is 14.6. The second-order valence-corrected chi connectivity index (χ2v) is 6.34. The summed E-state index contributed by atoms with van der Waals surface area (Å²) in [4.78, 5) is 0. The molecule has 2 aromatic carbocycles. The third kappa shape index (κ3) is 5.82. The molecular formula is C21H28N2. The van der Waals surface area contributed by atoms with Gasteiger partial charge in [0, 0.05) is 16.9 Å². The second kappa shape index (κ2) is 9.04. The molecule has 122 valence electrons. The Kier molecular flexibility index (Phi) is 6.74. The van der Waals surface area contributed by atoms with Gasteiger partial charge in [0.1, 0.15) is 0 Å². The normalized spacial score (nSPS) is 15.2. The third-order valence-electron chi connectivity index (χ3n) is 4.31. The molecule has 0 unspecified atom stereocenters. The molecule has 0 saturated heterocycles. The van der Waals surface area contributed by atoms with Crippen LogP contribution in [-0.4, -0.2) is 0 Å². The van der Waals surface area contributed by atoms with E-state index in [-0.39, 0.29) is 0 Å². The monoisotopic (exact) mass is 308 g/mol. The van der Waals surface area contributed by atoms with E-state index >= 15 is 0 Å². The molecule has 2 nitrogen and oxygen atoms in total. The smallest absolute Gasteiger partial charge is 0.0408 e. The fourth-order valence-electron chi connectivity index (χ4n) is 2.84. The average molecular weight is 308 g/mol. The fourth-order valence-corrected chi connectivity index (χ4v) is 2.84. The standard InChI is InChI=1S/C14H14N2.C7H14/c15-13-7-4-8-14(16)12(13)10-9-11-5-2-1-3-6-11;1-7-5-3-2-4-6-7/h1-10H,15-16H2;7H,2-6H2,1H3/b10-9-;. The van der Waals surface area contributed by atoms with Crippen LogP contribution >= 0.6 is 0 Å². The number of rotatable bonds is 2. The molecule has 2 heteroatoms. The van der Waals surface area contributed by atoms with Crippen molar-refractivity contribution < 1.29 is 0 Å². The summed E-state index contributed by atoms with van der Waals surface area (Å²) in [7, 11) is 0. The Balaban J connectivity index is 0.000000229. The second-order valence-electron chi connectivity index (χ2n) is 6.34. The highest BCUT2D eigenvalue weighted by Crippen LogP contribution is 2.22. The summed E-state index contributed by atoms with van der Waals surface area (Å²) < 4.78 is 0. The Hall–Kier alpha value is -2.22. The molecule has 0 amide bonds. The molecule has 1 aliphatic rings. The summed E-state index contributed by atoms with van der Waals surface area (Å²) in [6.07, 6.45) is 11.4. The lowest BCUT2D eigenvalue weighted by Gasteiger charge is -2.15. The van der Waals surface area contributed by atoms with Crippen molar-refractivity contribution in [3.8, 4) is 0 Å². The van der Waals surface area contributed by atoms with Crippen molar-refractivity contribution in [2.75, 3.05) is 11.5 Å². The van der Waals surface area contributed by atoms with E-state index in [0.717, 1.165) is 17.0 Å². The molecule has 3 rings (SSSR count). The molecule has 0 radical (unpaired) electrons. The van der Waals surface area contributed by atoms with Crippen LogP contribution in [0.3, 0.4) is 0 Å². The minimum Gasteiger partial charge on any atom is -0.398 e. The molecule has 0 aromatic heterocycles. The first-order valence-corrected chi connectivity index (χ1v) is 8.54. The lowest BCUT2D eigenvalue weighted by molar-refractivity contribution is 0.385. The SMILES string of the molecule is CC1CCCCC1.Nc1cccc(N)c1/C=C\c1ccccc1. The van der Waals surface area contributed by atoms with Crippen molar-refractivity contribution in [1.29, 1.82) is 0 Å². The molecular weight excluding hydrogens is 280 g/mol. The molecule has 0 spiro atoms. The van der Waals surface area contributed by atoms with Crippen LogP contribution in [0.2, 0.25) is 0 Å². The van der Waals surface area contributed by atoms with Gasteiger partial charge < -0.3 is 11.5 Å². The van der Waals surface area contributed by atoms with E-state index in [1.165, 1.54) is 32.1 Å². The number of anilines is 2. The highest BCUT2D eigenvalue weighted by molar-refractivity contribution is 5.82. The zero-order chi connectivity index (χ0) is 16.5. The maximum atomic E-state index is 5.85. The molecule has 4 N–H and O–H groups in total. The van der Waals surface area contributed by atoms with E-state index in [2.05, 4.69) is 6.92 Å². The van der Waals surface area contributed by atoms with E-state index in [1.807, 2.05) is 60.7 Å². The summed E-state index contributed by atoms with van der Waals surface area (Å²) in [6.45, 7) is 2.36. The molecule has 0 atom stereocenters. The van der Waals surface area contributed by atoms with Crippen LogP contribution in [0, 0.1) is 5.92 Å². The van der Waals surface area contributed by atoms with Gasteiger partial charge in [-0.05, 0) is 23.6 Å². The number of benzene rings is 2. The average Bonchev–Trinajstić information content (AvgIpc) is 2.57. The van der Waals surface area contributed by atoms with Gasteiger partial charge in [-0.15, -0.1) is 0 Å². The van der Waals surface area contributed by atoms with Gasteiger partial charge in [0.05, 0.1) is 0 Å². The largest absolute Gasteiger partial charge is 0.398 e. The molecule has 23 heavy (non-hydrogen) atoms. The zero-order valence-electron chi connectivity index (χ0n) is 14.0. The van der Waals surface area contributed by atoms with Gasteiger partial charge in [0.2, 0.25) is 0 Å². The van der Waals surface area contributed by atoms with Crippen LogP contribution in [0.4, 0.5) is 11.4 Å². The topological polar surface area (TPSA) is 52.0 Å². The summed E-state index contributed by atoms with van der Waals surface area (Å²) in [6, 6.07) is 15.6. The van der Waals surface area contributed by atoms with Crippen LogP contribution in [0.15, 0.2) is 48.5 Å². The molecule has 1 saturated carbocycles. The van der Waals surface area contributed by atoms with E-state index in [1.54, 1.807) is 0 Å². The van der Waals surface area contributed by atoms with Crippen molar-refractivity contribution in [2.45, 2.75) is 39.0 Å². The third-order valence-corrected chi connectivity index (χ3v) is 4.31. The number of hydrogen-bond donors (Lipinski definition) is 2. The van der Waals surface area contributed by atoms with E-state index < -0.39 is 0 Å². The quantitative estimate of drug-likeness (QED) is 0.560. The van der Waals surface area contributed by atoms with Crippen LogP contribution in [0.25, 0.3) is 12.2 Å². The fraction of sp³-hybridized carbons (Fsp3) is 0.333. The number of nitrogen functional groups attached to an aromatic ring is 2. The van der Waals surface area contributed by atoms with Crippen molar-refractivity contribution in [3.63, 3.8) is 0 Å². The minimum absolute atomic E-state index is 0.701. The Morgan fingerprint density at radius 1 is 0.783 bits per heavy atom. The highest BCUT2D eigenvalue weighted by Gasteiger charge is 2.06. The van der Waals surface area contributed by atoms with Gasteiger partial charge in [-0.1, -0.05) is 87.6 Å². The summed E-state index contributed by atoms with van der Waals surface area (Å²) in [5, 5.41) is 0. The number of hydrogen-bond acceptors (Lipinski definition) is 2.